The minimum atomic E-state index is -0.447. The maximum absolute atomic E-state index is 12.4. The molecule has 2 aromatic rings. The molecule has 1 heterocycles. The Kier molecular flexibility index (Phi) is 6.88. The van der Waals surface area contributed by atoms with Crippen LogP contribution in [0, 0.1) is 0 Å². The number of imide groups is 1. The molecule has 1 aliphatic carbocycles. The van der Waals surface area contributed by atoms with Crippen LogP contribution in [0.4, 0.5) is 4.79 Å². The molecule has 0 aliphatic heterocycles. The van der Waals surface area contributed by atoms with Crippen molar-refractivity contribution in [2.45, 2.75) is 38.3 Å². The smallest absolute Gasteiger partial charge is 0.321 e. The van der Waals surface area contributed by atoms with Crippen LogP contribution in [-0.2, 0) is 11.2 Å². The summed E-state index contributed by atoms with van der Waals surface area (Å²) in [5.74, 6) is -0.297. The number of thiophene rings is 1. The molecular weight excluding hydrogens is 382 g/mol. The highest BCUT2D eigenvalue weighted by Crippen LogP contribution is 2.36. The lowest BCUT2D eigenvalue weighted by molar-refractivity contribution is -0.121. The van der Waals surface area contributed by atoms with Gasteiger partial charge in [-0.05, 0) is 49.3 Å². The Morgan fingerprint density at radius 2 is 2.04 bits per heavy atom. The van der Waals surface area contributed by atoms with Gasteiger partial charge in [0.1, 0.15) is 0 Å². The molecule has 0 bridgehead atoms. The van der Waals surface area contributed by atoms with Crippen molar-refractivity contribution in [1.29, 1.82) is 0 Å². The van der Waals surface area contributed by atoms with E-state index in [1.54, 1.807) is 11.3 Å². The Balaban J connectivity index is 1.50. The molecule has 1 atom stereocenters. The summed E-state index contributed by atoms with van der Waals surface area (Å²) >= 11 is 7.97. The molecule has 3 amide bonds. The second-order valence-electron chi connectivity index (χ2n) is 6.73. The maximum Gasteiger partial charge on any atom is 0.321 e. The van der Waals surface area contributed by atoms with E-state index in [1.165, 1.54) is 4.88 Å². The summed E-state index contributed by atoms with van der Waals surface area (Å²) in [4.78, 5) is 27.7. The fraction of sp³-hybridized carbons (Fsp3) is 0.400. The Labute approximate surface area is 168 Å². The second-order valence-corrected chi connectivity index (χ2v) is 8.17. The average Bonchev–Trinajstić information content (AvgIpc) is 3.35. The molecule has 5 nitrogen and oxygen atoms in total. The monoisotopic (exact) mass is 405 g/mol. The lowest BCUT2D eigenvalue weighted by Gasteiger charge is -2.29. The normalized spacial score (nSPS) is 14.8. The summed E-state index contributed by atoms with van der Waals surface area (Å²) in [6.07, 6.45) is 2.89. The Bertz CT molecular complexity index is 777. The number of hydrogen-bond acceptors (Lipinski definition) is 4. The third-order valence-corrected chi connectivity index (χ3v) is 5.97. The van der Waals surface area contributed by atoms with Crippen LogP contribution in [-0.4, -0.2) is 36.0 Å². The van der Waals surface area contributed by atoms with Gasteiger partial charge in [0.25, 0.3) is 0 Å². The number of carbonyl (C=O) groups is 2. The van der Waals surface area contributed by atoms with Crippen molar-refractivity contribution in [3.05, 3.63) is 57.2 Å². The molecule has 1 aliphatic rings. The standard InChI is InChI=1S/C20H24ClN3O2S/c1-14(17-6-2-3-7-18(17)21)24(15-8-9-15)13-19(25)23-20(26)22-11-10-16-5-4-12-27-16/h2-7,12,14-15H,8-11,13H2,1H3,(H2,22,23,25,26). The first-order chi connectivity index (χ1) is 13.0. The Morgan fingerprint density at radius 3 is 2.70 bits per heavy atom. The number of hydrogen-bond donors (Lipinski definition) is 2. The van der Waals surface area contributed by atoms with Crippen LogP contribution < -0.4 is 10.6 Å². The molecule has 0 spiro atoms. The molecule has 1 aromatic carbocycles. The zero-order valence-corrected chi connectivity index (χ0v) is 16.9. The average molecular weight is 406 g/mol. The van der Waals surface area contributed by atoms with Crippen molar-refractivity contribution in [1.82, 2.24) is 15.5 Å². The molecule has 1 aromatic heterocycles. The first-order valence-corrected chi connectivity index (χ1v) is 10.4. The van der Waals surface area contributed by atoms with Crippen molar-refractivity contribution in [2.75, 3.05) is 13.1 Å². The fourth-order valence-electron chi connectivity index (χ4n) is 3.11. The summed E-state index contributed by atoms with van der Waals surface area (Å²) < 4.78 is 0. The van der Waals surface area contributed by atoms with Crippen molar-refractivity contribution >= 4 is 34.9 Å². The van der Waals surface area contributed by atoms with Crippen LogP contribution in [0.25, 0.3) is 0 Å². The number of rotatable bonds is 8. The fourth-order valence-corrected chi connectivity index (χ4v) is 4.11. The van der Waals surface area contributed by atoms with Gasteiger partial charge >= 0.3 is 6.03 Å². The van der Waals surface area contributed by atoms with Gasteiger partial charge < -0.3 is 5.32 Å². The topological polar surface area (TPSA) is 61.4 Å². The van der Waals surface area contributed by atoms with Gasteiger partial charge in [-0.2, -0.15) is 0 Å². The van der Waals surface area contributed by atoms with E-state index in [2.05, 4.69) is 15.5 Å². The number of carbonyl (C=O) groups excluding carboxylic acids is 2. The molecule has 144 valence electrons. The van der Waals surface area contributed by atoms with E-state index in [4.69, 9.17) is 11.6 Å². The number of nitrogens with one attached hydrogen (secondary N) is 2. The van der Waals surface area contributed by atoms with Crippen molar-refractivity contribution in [2.24, 2.45) is 0 Å². The molecule has 1 saturated carbocycles. The van der Waals surface area contributed by atoms with E-state index in [1.807, 2.05) is 48.7 Å². The number of benzene rings is 1. The summed E-state index contributed by atoms with van der Waals surface area (Å²) in [5.41, 5.74) is 0.999. The number of halogens is 1. The highest BCUT2D eigenvalue weighted by atomic mass is 35.5. The van der Waals surface area contributed by atoms with Gasteiger partial charge in [0.05, 0.1) is 6.54 Å². The maximum atomic E-state index is 12.4. The Morgan fingerprint density at radius 1 is 1.26 bits per heavy atom. The number of amides is 3. The minimum absolute atomic E-state index is 0.0128. The van der Waals surface area contributed by atoms with E-state index in [0.717, 1.165) is 24.8 Å². The number of nitrogens with zero attached hydrogens (tertiary/aromatic N) is 1. The lowest BCUT2D eigenvalue weighted by atomic mass is 10.1. The minimum Gasteiger partial charge on any atom is -0.337 e. The number of urea groups is 1. The summed E-state index contributed by atoms with van der Waals surface area (Å²) in [6.45, 7) is 2.73. The molecule has 0 saturated heterocycles. The zero-order valence-electron chi connectivity index (χ0n) is 15.3. The molecule has 0 radical (unpaired) electrons. The van der Waals surface area contributed by atoms with E-state index in [-0.39, 0.29) is 18.5 Å². The van der Waals surface area contributed by atoms with E-state index >= 15 is 0 Å². The van der Waals surface area contributed by atoms with E-state index in [0.29, 0.717) is 17.6 Å². The first-order valence-electron chi connectivity index (χ1n) is 9.15. The molecule has 7 heteroatoms. The van der Waals surface area contributed by atoms with Crippen LogP contribution in [0.1, 0.15) is 36.2 Å². The third-order valence-electron chi connectivity index (χ3n) is 4.68. The summed E-state index contributed by atoms with van der Waals surface area (Å²) in [7, 11) is 0. The molecule has 1 unspecified atom stereocenters. The molecule has 1 fully saturated rings. The van der Waals surface area contributed by atoms with Crippen LogP contribution >= 0.6 is 22.9 Å². The molecular formula is C20H24ClN3O2S. The van der Waals surface area contributed by atoms with Gasteiger partial charge in [0, 0.05) is 28.5 Å². The molecule has 2 N–H and O–H groups in total. The largest absolute Gasteiger partial charge is 0.337 e. The van der Waals surface area contributed by atoms with Gasteiger partial charge in [0.15, 0.2) is 0 Å². The quantitative estimate of drug-likeness (QED) is 0.697. The van der Waals surface area contributed by atoms with Crippen LogP contribution in [0.2, 0.25) is 5.02 Å². The van der Waals surface area contributed by atoms with E-state index in [9.17, 15) is 9.59 Å². The van der Waals surface area contributed by atoms with Gasteiger partial charge in [0.2, 0.25) is 5.91 Å². The first kappa shape index (κ1) is 19.9. The second kappa shape index (κ2) is 9.35. The van der Waals surface area contributed by atoms with Gasteiger partial charge in [-0.15, -0.1) is 11.3 Å². The third kappa shape index (κ3) is 5.79. The molecule has 3 rings (SSSR count). The van der Waals surface area contributed by atoms with Crippen LogP contribution in [0.3, 0.4) is 0 Å². The Hall–Kier alpha value is -1.89. The van der Waals surface area contributed by atoms with Crippen molar-refractivity contribution in [3.8, 4) is 0 Å². The van der Waals surface area contributed by atoms with Gasteiger partial charge in [-0.3, -0.25) is 15.0 Å². The predicted molar refractivity (Wildman–Crippen MR) is 109 cm³/mol. The van der Waals surface area contributed by atoms with Crippen LogP contribution in [0.5, 0.6) is 0 Å². The van der Waals surface area contributed by atoms with Crippen molar-refractivity contribution in [3.63, 3.8) is 0 Å². The van der Waals surface area contributed by atoms with Gasteiger partial charge in [-0.1, -0.05) is 35.9 Å². The summed E-state index contributed by atoms with van der Waals surface area (Å²) in [6, 6.07) is 11.6. The van der Waals surface area contributed by atoms with Gasteiger partial charge in [-0.25, -0.2) is 4.79 Å². The van der Waals surface area contributed by atoms with E-state index < -0.39 is 6.03 Å². The van der Waals surface area contributed by atoms with Crippen LogP contribution in [0.15, 0.2) is 41.8 Å². The van der Waals surface area contributed by atoms with Crippen molar-refractivity contribution < 1.29 is 9.59 Å². The predicted octanol–water partition coefficient (Wildman–Crippen LogP) is 4.00. The SMILES string of the molecule is CC(c1ccccc1Cl)N(CC(=O)NC(=O)NCCc1cccs1)C1CC1. The lowest BCUT2D eigenvalue weighted by Crippen LogP contribution is -2.46. The molecule has 27 heavy (non-hydrogen) atoms. The highest BCUT2D eigenvalue weighted by molar-refractivity contribution is 7.09. The zero-order chi connectivity index (χ0) is 19.2. The summed E-state index contributed by atoms with van der Waals surface area (Å²) in [5, 5.41) is 7.87. The highest BCUT2D eigenvalue weighted by Gasteiger charge is 2.34.